The number of carbonyl (C=O) groups is 1. The molecule has 1 atom stereocenters. The van der Waals surface area contributed by atoms with E-state index >= 15 is 0 Å². The zero-order valence-corrected chi connectivity index (χ0v) is 15.1. The lowest BCUT2D eigenvalue weighted by Crippen LogP contribution is -2.40. The maximum Gasteiger partial charge on any atom is 0.315 e. The monoisotopic (exact) mass is 369 g/mol. The Kier molecular flexibility index (Phi) is 7.67. The number of ether oxygens (including phenoxy) is 1. The standard InChI is InChI=1S/C17H27N3O4S/c18-25(22,23)12-11-24-10-9-19-17(21)20-16(13-14-5-4-6-14)15-7-2-1-3-8-15/h1-3,7-8,14,16H,4-6,9-13H2,(H2,18,22,23)(H2,19,20,21). The number of hydrogen-bond donors (Lipinski definition) is 3. The summed E-state index contributed by atoms with van der Waals surface area (Å²) < 4.78 is 26.7. The first-order valence-corrected chi connectivity index (χ1v) is 10.3. The smallest absolute Gasteiger partial charge is 0.315 e. The van der Waals surface area contributed by atoms with Crippen molar-refractivity contribution >= 4 is 16.1 Å². The Bertz CT molecular complexity index is 633. The fraction of sp³-hybridized carbons (Fsp3) is 0.588. The first-order valence-electron chi connectivity index (χ1n) is 8.61. The number of nitrogens with one attached hydrogen (secondary N) is 2. The van der Waals surface area contributed by atoms with Crippen LogP contribution in [0.2, 0.25) is 0 Å². The number of nitrogens with two attached hydrogens (primary N) is 1. The summed E-state index contributed by atoms with van der Waals surface area (Å²) in [6, 6.07) is 9.71. The van der Waals surface area contributed by atoms with E-state index in [2.05, 4.69) is 10.6 Å². The molecule has 8 heteroatoms. The predicted octanol–water partition coefficient (Wildman–Crippen LogP) is 1.52. The molecule has 25 heavy (non-hydrogen) atoms. The van der Waals surface area contributed by atoms with E-state index in [0.717, 1.165) is 12.0 Å². The highest BCUT2D eigenvalue weighted by Crippen LogP contribution is 2.34. The Balaban J connectivity index is 1.71. The van der Waals surface area contributed by atoms with Crippen LogP contribution >= 0.6 is 0 Å². The number of amides is 2. The molecule has 7 nitrogen and oxygen atoms in total. The van der Waals surface area contributed by atoms with Gasteiger partial charge in [-0.05, 0) is 17.9 Å². The van der Waals surface area contributed by atoms with E-state index in [1.807, 2.05) is 30.3 Å². The number of sulfonamides is 1. The lowest BCUT2D eigenvalue weighted by atomic mass is 9.79. The van der Waals surface area contributed by atoms with E-state index in [-0.39, 0.29) is 31.0 Å². The number of urea groups is 1. The van der Waals surface area contributed by atoms with E-state index in [1.165, 1.54) is 19.3 Å². The third-order valence-corrected chi connectivity index (χ3v) is 5.08. The molecule has 1 aliphatic rings. The number of benzene rings is 1. The van der Waals surface area contributed by atoms with Crippen LogP contribution in [0.3, 0.4) is 0 Å². The van der Waals surface area contributed by atoms with Crippen molar-refractivity contribution in [1.29, 1.82) is 0 Å². The van der Waals surface area contributed by atoms with E-state index < -0.39 is 10.0 Å². The predicted molar refractivity (Wildman–Crippen MR) is 96.5 cm³/mol. The highest BCUT2D eigenvalue weighted by atomic mass is 32.2. The second kappa shape index (κ2) is 9.74. The third kappa shape index (κ3) is 7.85. The van der Waals surface area contributed by atoms with E-state index in [4.69, 9.17) is 9.88 Å². The summed E-state index contributed by atoms with van der Waals surface area (Å²) in [5.74, 6) is 0.448. The van der Waals surface area contributed by atoms with E-state index in [1.54, 1.807) is 0 Å². The molecule has 1 aromatic rings. The highest BCUT2D eigenvalue weighted by Gasteiger charge is 2.24. The van der Waals surface area contributed by atoms with Crippen LogP contribution in [0.4, 0.5) is 4.79 Å². The number of primary sulfonamides is 1. The van der Waals surface area contributed by atoms with Gasteiger partial charge in [-0.2, -0.15) is 0 Å². The average Bonchev–Trinajstić information content (AvgIpc) is 2.52. The van der Waals surface area contributed by atoms with Crippen molar-refractivity contribution in [1.82, 2.24) is 10.6 Å². The maximum atomic E-state index is 12.1. The molecule has 2 rings (SSSR count). The van der Waals surface area contributed by atoms with Gasteiger partial charge in [-0.1, -0.05) is 49.6 Å². The summed E-state index contributed by atoms with van der Waals surface area (Å²) in [7, 11) is -3.51. The summed E-state index contributed by atoms with van der Waals surface area (Å²) in [6.07, 6.45) is 4.67. The van der Waals surface area contributed by atoms with Gasteiger partial charge < -0.3 is 15.4 Å². The van der Waals surface area contributed by atoms with Crippen LogP contribution in [0.15, 0.2) is 30.3 Å². The van der Waals surface area contributed by atoms with Gasteiger partial charge in [0.05, 0.1) is 25.0 Å². The van der Waals surface area contributed by atoms with Crippen LogP contribution in [0, 0.1) is 5.92 Å². The normalized spacial score (nSPS) is 16.0. The van der Waals surface area contributed by atoms with Crippen molar-refractivity contribution < 1.29 is 17.9 Å². The van der Waals surface area contributed by atoms with Crippen molar-refractivity contribution in [2.45, 2.75) is 31.7 Å². The molecular formula is C17H27N3O4S. The first kappa shape index (κ1) is 19.7. The lowest BCUT2D eigenvalue weighted by molar-refractivity contribution is 0.150. The number of hydrogen-bond acceptors (Lipinski definition) is 4. The average molecular weight is 369 g/mol. The Hall–Kier alpha value is -1.64. The molecule has 0 bridgehead atoms. The lowest BCUT2D eigenvalue weighted by Gasteiger charge is -2.30. The van der Waals surface area contributed by atoms with Gasteiger partial charge in [0.2, 0.25) is 10.0 Å². The zero-order chi connectivity index (χ0) is 18.1. The fourth-order valence-electron chi connectivity index (χ4n) is 2.75. The van der Waals surface area contributed by atoms with Gasteiger partial charge in [-0.25, -0.2) is 18.4 Å². The van der Waals surface area contributed by atoms with Gasteiger partial charge in [-0.3, -0.25) is 0 Å². The van der Waals surface area contributed by atoms with E-state index in [0.29, 0.717) is 12.5 Å². The molecule has 4 N–H and O–H groups in total. The minimum absolute atomic E-state index is 0.00481. The molecule has 0 aliphatic heterocycles. The van der Waals surface area contributed by atoms with E-state index in [9.17, 15) is 13.2 Å². The van der Waals surface area contributed by atoms with Crippen molar-refractivity contribution in [3.63, 3.8) is 0 Å². The Labute approximate surface area is 149 Å². The molecular weight excluding hydrogens is 342 g/mol. The Morgan fingerprint density at radius 2 is 1.96 bits per heavy atom. The molecule has 140 valence electrons. The summed E-state index contributed by atoms with van der Waals surface area (Å²) in [6.45, 7) is 0.569. The van der Waals surface area contributed by atoms with Gasteiger partial charge in [0.1, 0.15) is 0 Å². The molecule has 1 saturated carbocycles. The van der Waals surface area contributed by atoms with Crippen LogP contribution in [0.25, 0.3) is 0 Å². The second-order valence-electron chi connectivity index (χ2n) is 6.38. The SMILES string of the molecule is NS(=O)(=O)CCOCCNC(=O)NC(CC1CCC1)c1ccccc1. The molecule has 0 radical (unpaired) electrons. The van der Waals surface area contributed by atoms with Crippen LogP contribution < -0.4 is 15.8 Å². The summed E-state index contributed by atoms with van der Waals surface area (Å²) in [5, 5.41) is 10.6. The molecule has 0 spiro atoms. The van der Waals surface area contributed by atoms with Crippen LogP contribution in [0.5, 0.6) is 0 Å². The van der Waals surface area contributed by atoms with Crippen molar-refractivity contribution in [3.05, 3.63) is 35.9 Å². The number of carbonyl (C=O) groups excluding carboxylic acids is 1. The molecule has 1 aliphatic carbocycles. The van der Waals surface area contributed by atoms with Gasteiger partial charge >= 0.3 is 6.03 Å². The van der Waals surface area contributed by atoms with Crippen molar-refractivity contribution in [2.75, 3.05) is 25.5 Å². The quantitative estimate of drug-likeness (QED) is 0.543. The van der Waals surface area contributed by atoms with Gasteiger partial charge in [0.15, 0.2) is 0 Å². The molecule has 0 heterocycles. The summed E-state index contributed by atoms with van der Waals surface area (Å²) >= 11 is 0. The maximum absolute atomic E-state index is 12.1. The molecule has 1 fully saturated rings. The Morgan fingerprint density at radius 3 is 2.56 bits per heavy atom. The molecule has 2 amide bonds. The van der Waals surface area contributed by atoms with Gasteiger partial charge in [0.25, 0.3) is 0 Å². The summed E-state index contributed by atoms with van der Waals surface area (Å²) in [4.78, 5) is 12.1. The molecule has 1 unspecified atom stereocenters. The molecule has 0 saturated heterocycles. The Morgan fingerprint density at radius 1 is 1.24 bits per heavy atom. The summed E-state index contributed by atoms with van der Waals surface area (Å²) in [5.41, 5.74) is 1.11. The number of rotatable bonds is 10. The third-order valence-electron chi connectivity index (χ3n) is 4.35. The van der Waals surface area contributed by atoms with Crippen LogP contribution in [-0.4, -0.2) is 40.0 Å². The second-order valence-corrected chi connectivity index (χ2v) is 8.11. The van der Waals surface area contributed by atoms with Gasteiger partial charge in [0, 0.05) is 6.54 Å². The van der Waals surface area contributed by atoms with Crippen molar-refractivity contribution in [2.24, 2.45) is 11.1 Å². The zero-order valence-electron chi connectivity index (χ0n) is 14.3. The minimum Gasteiger partial charge on any atom is -0.379 e. The first-order chi connectivity index (χ1) is 11.9. The topological polar surface area (TPSA) is 111 Å². The minimum atomic E-state index is -3.51. The van der Waals surface area contributed by atoms with Crippen LogP contribution in [0.1, 0.15) is 37.3 Å². The molecule has 1 aromatic carbocycles. The fourth-order valence-corrected chi connectivity index (χ4v) is 3.10. The van der Waals surface area contributed by atoms with Crippen molar-refractivity contribution in [3.8, 4) is 0 Å². The molecule has 0 aromatic heterocycles. The van der Waals surface area contributed by atoms with Gasteiger partial charge in [-0.15, -0.1) is 0 Å². The highest BCUT2D eigenvalue weighted by molar-refractivity contribution is 7.89. The largest absolute Gasteiger partial charge is 0.379 e. The van der Waals surface area contributed by atoms with Crippen LogP contribution in [-0.2, 0) is 14.8 Å².